The normalized spacial score (nSPS) is 10.4. The van der Waals surface area contributed by atoms with Gasteiger partial charge < -0.3 is 5.73 Å². The molecule has 18 heavy (non-hydrogen) atoms. The number of anilines is 1. The molecule has 0 radical (unpaired) electrons. The van der Waals surface area contributed by atoms with Crippen LogP contribution in [0.3, 0.4) is 0 Å². The second-order valence-electron chi connectivity index (χ2n) is 4.03. The number of hydrogen-bond acceptors (Lipinski definition) is 2. The molecule has 0 bridgehead atoms. The lowest BCUT2D eigenvalue weighted by Crippen LogP contribution is -2.02. The van der Waals surface area contributed by atoms with Crippen LogP contribution in [-0.4, -0.2) is 5.78 Å². The second kappa shape index (κ2) is 5.01. The van der Waals surface area contributed by atoms with Crippen molar-refractivity contribution in [3.05, 3.63) is 63.1 Å². The van der Waals surface area contributed by atoms with Crippen molar-refractivity contribution in [3.8, 4) is 0 Å². The first-order chi connectivity index (χ1) is 8.49. The molecule has 0 aliphatic carbocycles. The summed E-state index contributed by atoms with van der Waals surface area (Å²) >= 11 is 11.9. The van der Waals surface area contributed by atoms with E-state index in [4.69, 9.17) is 28.9 Å². The van der Waals surface area contributed by atoms with Gasteiger partial charge in [-0.3, -0.25) is 4.79 Å². The third-order valence-electron chi connectivity index (χ3n) is 2.70. The van der Waals surface area contributed by atoms with E-state index < -0.39 is 0 Å². The third-order valence-corrected chi connectivity index (χ3v) is 3.43. The van der Waals surface area contributed by atoms with Crippen molar-refractivity contribution in [3.63, 3.8) is 0 Å². The zero-order valence-electron chi connectivity index (χ0n) is 9.71. The molecular formula is C14H11Cl2NO. The number of rotatable bonds is 2. The predicted molar refractivity (Wildman–Crippen MR) is 75.5 cm³/mol. The average Bonchev–Trinajstić information content (AvgIpc) is 2.35. The van der Waals surface area contributed by atoms with Crippen LogP contribution in [0.5, 0.6) is 0 Å². The van der Waals surface area contributed by atoms with Gasteiger partial charge in [0.2, 0.25) is 0 Å². The maximum atomic E-state index is 12.2. The van der Waals surface area contributed by atoms with Crippen LogP contribution in [-0.2, 0) is 0 Å². The summed E-state index contributed by atoms with van der Waals surface area (Å²) in [6.45, 7) is 1.89. The molecule has 0 heterocycles. The van der Waals surface area contributed by atoms with Crippen LogP contribution in [0.2, 0.25) is 10.0 Å². The Morgan fingerprint density at radius 3 is 2.11 bits per heavy atom. The zero-order chi connectivity index (χ0) is 13.3. The van der Waals surface area contributed by atoms with Crippen LogP contribution < -0.4 is 5.73 Å². The highest BCUT2D eigenvalue weighted by atomic mass is 35.5. The quantitative estimate of drug-likeness (QED) is 0.664. The lowest BCUT2D eigenvalue weighted by molar-refractivity contribution is 0.103. The van der Waals surface area contributed by atoms with Gasteiger partial charge in [0.25, 0.3) is 0 Å². The minimum Gasteiger partial charge on any atom is -0.398 e. The first kappa shape index (κ1) is 12.9. The van der Waals surface area contributed by atoms with Gasteiger partial charge in [0.05, 0.1) is 10.7 Å². The highest BCUT2D eigenvalue weighted by Gasteiger charge is 2.11. The van der Waals surface area contributed by atoms with E-state index in [0.29, 0.717) is 26.9 Å². The maximum Gasteiger partial charge on any atom is 0.193 e. The Kier molecular flexibility index (Phi) is 3.60. The van der Waals surface area contributed by atoms with Crippen LogP contribution in [0.15, 0.2) is 36.4 Å². The van der Waals surface area contributed by atoms with Gasteiger partial charge in [-0.15, -0.1) is 0 Å². The summed E-state index contributed by atoms with van der Waals surface area (Å²) in [5.41, 5.74) is 8.02. The minimum atomic E-state index is -0.126. The second-order valence-corrected chi connectivity index (χ2v) is 4.84. The van der Waals surface area contributed by atoms with E-state index in [9.17, 15) is 4.79 Å². The van der Waals surface area contributed by atoms with Crippen LogP contribution in [0.25, 0.3) is 0 Å². The van der Waals surface area contributed by atoms with Crippen molar-refractivity contribution in [2.45, 2.75) is 6.92 Å². The molecule has 2 nitrogen and oxygen atoms in total. The number of aryl methyl sites for hydroxylation is 1. The van der Waals surface area contributed by atoms with Gasteiger partial charge in [0.1, 0.15) is 0 Å². The van der Waals surface area contributed by atoms with Crippen molar-refractivity contribution in [1.82, 2.24) is 0 Å². The summed E-state index contributed by atoms with van der Waals surface area (Å²) in [5.74, 6) is -0.126. The molecule has 0 saturated heterocycles. The summed E-state index contributed by atoms with van der Waals surface area (Å²) in [6.07, 6.45) is 0. The number of carbonyl (C=O) groups is 1. The van der Waals surface area contributed by atoms with E-state index in [0.717, 1.165) is 5.56 Å². The summed E-state index contributed by atoms with van der Waals surface area (Å²) < 4.78 is 0. The molecule has 0 unspecified atom stereocenters. The van der Waals surface area contributed by atoms with Crippen LogP contribution in [0.4, 0.5) is 5.69 Å². The first-order valence-electron chi connectivity index (χ1n) is 5.35. The maximum absolute atomic E-state index is 12.2. The first-order valence-corrected chi connectivity index (χ1v) is 6.10. The molecule has 0 aromatic heterocycles. The average molecular weight is 280 g/mol. The van der Waals surface area contributed by atoms with Crippen LogP contribution in [0, 0.1) is 6.92 Å². The SMILES string of the molecule is Cc1ccc(C(=O)c2ccc(N)c(Cl)c2)cc1Cl. The summed E-state index contributed by atoms with van der Waals surface area (Å²) in [7, 11) is 0. The monoisotopic (exact) mass is 279 g/mol. The largest absolute Gasteiger partial charge is 0.398 e. The molecule has 2 aromatic carbocycles. The summed E-state index contributed by atoms with van der Waals surface area (Å²) in [6, 6.07) is 10.0. The molecule has 0 fully saturated rings. The molecule has 2 aromatic rings. The fourth-order valence-corrected chi connectivity index (χ4v) is 1.93. The van der Waals surface area contributed by atoms with Gasteiger partial charge in [-0.2, -0.15) is 0 Å². The Morgan fingerprint density at radius 2 is 1.56 bits per heavy atom. The number of carbonyl (C=O) groups excluding carboxylic acids is 1. The van der Waals surface area contributed by atoms with Crippen molar-refractivity contribution in [2.75, 3.05) is 5.73 Å². The molecule has 2 rings (SSSR count). The van der Waals surface area contributed by atoms with Gasteiger partial charge >= 0.3 is 0 Å². The highest BCUT2D eigenvalue weighted by molar-refractivity contribution is 6.34. The fourth-order valence-electron chi connectivity index (χ4n) is 1.57. The van der Waals surface area contributed by atoms with Crippen molar-refractivity contribution >= 4 is 34.7 Å². The molecular weight excluding hydrogens is 269 g/mol. The Bertz CT molecular complexity index is 570. The zero-order valence-corrected chi connectivity index (χ0v) is 11.2. The van der Waals surface area contributed by atoms with Crippen molar-refractivity contribution in [1.29, 1.82) is 0 Å². The van der Waals surface area contributed by atoms with Gasteiger partial charge in [-0.1, -0.05) is 35.3 Å². The Labute approximate surface area is 115 Å². The van der Waals surface area contributed by atoms with E-state index >= 15 is 0 Å². The van der Waals surface area contributed by atoms with Crippen LogP contribution in [0.1, 0.15) is 21.5 Å². The molecule has 0 aliphatic rings. The Morgan fingerprint density at radius 1 is 1.00 bits per heavy atom. The number of benzene rings is 2. The lowest BCUT2D eigenvalue weighted by Gasteiger charge is -2.05. The molecule has 0 atom stereocenters. The topological polar surface area (TPSA) is 43.1 Å². The molecule has 0 saturated carbocycles. The summed E-state index contributed by atoms with van der Waals surface area (Å²) in [4.78, 5) is 12.2. The summed E-state index contributed by atoms with van der Waals surface area (Å²) in [5, 5.41) is 0.946. The molecule has 0 amide bonds. The number of nitrogens with two attached hydrogens (primary N) is 1. The van der Waals surface area contributed by atoms with Gasteiger partial charge in [-0.25, -0.2) is 0 Å². The standard InChI is InChI=1S/C14H11Cl2NO/c1-8-2-3-9(6-11(8)15)14(18)10-4-5-13(17)12(16)7-10/h2-7H,17H2,1H3. The van der Waals surface area contributed by atoms with Crippen molar-refractivity contribution < 1.29 is 4.79 Å². The minimum absolute atomic E-state index is 0.126. The fraction of sp³-hybridized carbons (Fsp3) is 0.0714. The van der Waals surface area contributed by atoms with Crippen molar-refractivity contribution in [2.24, 2.45) is 0 Å². The Hall–Kier alpha value is -1.51. The van der Waals surface area contributed by atoms with E-state index in [2.05, 4.69) is 0 Å². The highest BCUT2D eigenvalue weighted by Crippen LogP contribution is 2.23. The number of halogens is 2. The predicted octanol–water partition coefficient (Wildman–Crippen LogP) is 4.12. The van der Waals surface area contributed by atoms with E-state index in [1.165, 1.54) is 0 Å². The van der Waals surface area contributed by atoms with Gasteiger partial charge in [-0.05, 0) is 36.8 Å². The number of ketones is 1. The van der Waals surface area contributed by atoms with E-state index in [1.807, 2.05) is 13.0 Å². The number of nitrogen functional groups attached to an aromatic ring is 1. The Balaban J connectivity index is 2.41. The number of hydrogen-bond donors (Lipinski definition) is 1. The van der Waals surface area contributed by atoms with E-state index in [-0.39, 0.29) is 5.78 Å². The van der Waals surface area contributed by atoms with E-state index in [1.54, 1.807) is 30.3 Å². The third kappa shape index (κ3) is 2.50. The lowest BCUT2D eigenvalue weighted by atomic mass is 10.0. The van der Waals surface area contributed by atoms with Gasteiger partial charge in [0, 0.05) is 16.1 Å². The molecule has 4 heteroatoms. The molecule has 2 N–H and O–H groups in total. The molecule has 0 spiro atoms. The molecule has 0 aliphatic heterocycles. The van der Waals surface area contributed by atoms with Crippen LogP contribution >= 0.6 is 23.2 Å². The smallest absolute Gasteiger partial charge is 0.193 e. The molecule has 92 valence electrons. The van der Waals surface area contributed by atoms with Gasteiger partial charge in [0.15, 0.2) is 5.78 Å².